The van der Waals surface area contributed by atoms with E-state index in [2.05, 4.69) is 16.0 Å². The number of hydrogen-bond donors (Lipinski definition) is 2. The van der Waals surface area contributed by atoms with Gasteiger partial charge in [0.2, 0.25) is 0 Å². The van der Waals surface area contributed by atoms with Crippen LogP contribution >= 0.6 is 22.9 Å². The van der Waals surface area contributed by atoms with Gasteiger partial charge in [0.05, 0.1) is 10.7 Å². The molecule has 0 unspecified atom stereocenters. The summed E-state index contributed by atoms with van der Waals surface area (Å²) in [6.45, 7) is 3.75. The third-order valence-electron chi connectivity index (χ3n) is 3.45. The van der Waals surface area contributed by atoms with Crippen molar-refractivity contribution in [3.8, 4) is 0 Å². The average Bonchev–Trinajstić information content (AvgIpc) is 3.05. The maximum Gasteiger partial charge on any atom is 0.281 e. The number of carbonyl (C=O) groups excluding carboxylic acids is 2. The van der Waals surface area contributed by atoms with Crippen molar-refractivity contribution in [2.45, 2.75) is 20.4 Å². The van der Waals surface area contributed by atoms with Gasteiger partial charge >= 0.3 is 0 Å². The summed E-state index contributed by atoms with van der Waals surface area (Å²) in [4.78, 5) is 24.6. The van der Waals surface area contributed by atoms with Crippen LogP contribution in [0.3, 0.4) is 0 Å². The Hall–Kier alpha value is -2.38. The van der Waals surface area contributed by atoms with Crippen LogP contribution in [0.25, 0.3) is 10.1 Å². The highest BCUT2D eigenvalue weighted by Crippen LogP contribution is 2.34. The summed E-state index contributed by atoms with van der Waals surface area (Å²) in [5, 5.41) is 5.41. The average molecular weight is 363 g/mol. The van der Waals surface area contributed by atoms with E-state index in [-0.39, 0.29) is 12.5 Å². The van der Waals surface area contributed by atoms with Crippen LogP contribution < -0.4 is 10.9 Å². The van der Waals surface area contributed by atoms with E-state index in [4.69, 9.17) is 11.6 Å². The minimum atomic E-state index is -0.442. The van der Waals surface area contributed by atoms with Crippen molar-refractivity contribution in [1.82, 2.24) is 20.6 Å². The number of hydrazine groups is 1. The van der Waals surface area contributed by atoms with Crippen molar-refractivity contribution in [1.29, 1.82) is 0 Å². The van der Waals surface area contributed by atoms with E-state index >= 15 is 0 Å². The lowest BCUT2D eigenvalue weighted by molar-refractivity contribution is -0.122. The molecule has 0 saturated carbocycles. The van der Waals surface area contributed by atoms with Gasteiger partial charge in [0.25, 0.3) is 11.8 Å². The van der Waals surface area contributed by atoms with Gasteiger partial charge in [-0.25, -0.2) is 0 Å². The Labute approximate surface area is 147 Å². The number of aryl methyl sites for hydroxylation is 2. The zero-order chi connectivity index (χ0) is 17.3. The topological polar surface area (TPSA) is 76.0 Å². The molecule has 0 radical (unpaired) electrons. The maximum atomic E-state index is 12.2. The molecule has 0 aliphatic carbocycles. The standard InChI is InChI=1S/C16H15ClN4O2S/c1-9-7-10(2)21(20-9)8-13(22)18-19-16(23)15-14(17)11-5-3-4-6-12(11)24-15/h3-7H,8H2,1-2H3,(H,18,22)(H,19,23). The van der Waals surface area contributed by atoms with E-state index in [9.17, 15) is 9.59 Å². The monoisotopic (exact) mass is 362 g/mol. The summed E-state index contributed by atoms with van der Waals surface area (Å²) >= 11 is 7.52. The van der Waals surface area contributed by atoms with Crippen molar-refractivity contribution in [3.63, 3.8) is 0 Å². The highest BCUT2D eigenvalue weighted by Gasteiger charge is 2.17. The summed E-state index contributed by atoms with van der Waals surface area (Å²) in [7, 11) is 0. The Morgan fingerprint density at radius 3 is 2.67 bits per heavy atom. The molecule has 24 heavy (non-hydrogen) atoms. The molecule has 1 aromatic carbocycles. The molecule has 0 spiro atoms. The second kappa shape index (κ2) is 6.62. The molecule has 0 aliphatic rings. The van der Waals surface area contributed by atoms with Crippen molar-refractivity contribution in [2.24, 2.45) is 0 Å². The zero-order valence-electron chi connectivity index (χ0n) is 13.1. The van der Waals surface area contributed by atoms with E-state index in [1.54, 1.807) is 4.68 Å². The number of carbonyl (C=O) groups is 2. The first-order chi connectivity index (χ1) is 11.5. The molecule has 2 heterocycles. The molecule has 3 aromatic rings. The van der Waals surface area contributed by atoms with Gasteiger partial charge in [-0.15, -0.1) is 11.3 Å². The number of hydrogen-bond acceptors (Lipinski definition) is 4. The number of thiophene rings is 1. The zero-order valence-corrected chi connectivity index (χ0v) is 14.7. The number of rotatable bonds is 3. The Balaban J connectivity index is 1.65. The van der Waals surface area contributed by atoms with Crippen LogP contribution in [0, 0.1) is 13.8 Å². The number of fused-ring (bicyclic) bond motifs is 1. The van der Waals surface area contributed by atoms with E-state index < -0.39 is 5.91 Å². The van der Waals surface area contributed by atoms with Crippen LogP contribution in [0.15, 0.2) is 30.3 Å². The molecular weight excluding hydrogens is 348 g/mol. The fourth-order valence-electron chi connectivity index (χ4n) is 2.35. The van der Waals surface area contributed by atoms with Gasteiger partial charge in [-0.2, -0.15) is 5.10 Å². The third kappa shape index (κ3) is 3.27. The Morgan fingerprint density at radius 2 is 2.00 bits per heavy atom. The number of nitrogens with one attached hydrogen (secondary N) is 2. The lowest BCUT2D eigenvalue weighted by Crippen LogP contribution is -2.43. The molecule has 3 rings (SSSR count). The summed E-state index contributed by atoms with van der Waals surface area (Å²) < 4.78 is 2.49. The van der Waals surface area contributed by atoms with Gasteiger partial charge in [-0.3, -0.25) is 25.1 Å². The van der Waals surface area contributed by atoms with Crippen molar-refractivity contribution >= 4 is 44.8 Å². The molecule has 0 fully saturated rings. The molecule has 6 nitrogen and oxygen atoms in total. The van der Waals surface area contributed by atoms with E-state index in [0.29, 0.717) is 9.90 Å². The van der Waals surface area contributed by atoms with Gasteiger partial charge in [0.15, 0.2) is 0 Å². The highest BCUT2D eigenvalue weighted by atomic mass is 35.5. The number of amides is 2. The second-order valence-electron chi connectivity index (χ2n) is 5.33. The molecule has 2 amide bonds. The molecule has 2 aromatic heterocycles. The highest BCUT2D eigenvalue weighted by molar-refractivity contribution is 7.21. The Morgan fingerprint density at radius 1 is 1.25 bits per heavy atom. The second-order valence-corrected chi connectivity index (χ2v) is 6.76. The first-order valence-corrected chi connectivity index (χ1v) is 8.42. The number of nitrogens with zero attached hydrogens (tertiary/aromatic N) is 2. The molecule has 8 heteroatoms. The van der Waals surface area contributed by atoms with Gasteiger partial charge in [0, 0.05) is 15.8 Å². The summed E-state index contributed by atoms with van der Waals surface area (Å²) in [6, 6.07) is 9.37. The molecule has 124 valence electrons. The normalized spacial score (nSPS) is 10.8. The van der Waals surface area contributed by atoms with Crippen molar-refractivity contribution in [2.75, 3.05) is 0 Å². The number of halogens is 1. The fraction of sp³-hybridized carbons (Fsp3) is 0.188. The molecule has 0 aliphatic heterocycles. The van der Waals surface area contributed by atoms with Crippen LogP contribution in [-0.2, 0) is 11.3 Å². The van der Waals surface area contributed by atoms with Crippen LogP contribution in [0.2, 0.25) is 5.02 Å². The minimum absolute atomic E-state index is 0.0279. The lowest BCUT2D eigenvalue weighted by Gasteiger charge is -2.07. The Bertz CT molecular complexity index is 931. The van der Waals surface area contributed by atoms with E-state index in [0.717, 1.165) is 21.5 Å². The van der Waals surface area contributed by atoms with Gasteiger partial charge < -0.3 is 0 Å². The van der Waals surface area contributed by atoms with Crippen LogP contribution in [0.5, 0.6) is 0 Å². The third-order valence-corrected chi connectivity index (χ3v) is 5.13. The quantitative estimate of drug-likeness (QED) is 0.703. The first-order valence-electron chi connectivity index (χ1n) is 7.23. The van der Waals surface area contributed by atoms with Crippen LogP contribution in [0.4, 0.5) is 0 Å². The van der Waals surface area contributed by atoms with Crippen molar-refractivity contribution < 1.29 is 9.59 Å². The molecule has 0 saturated heterocycles. The van der Waals surface area contributed by atoms with Crippen molar-refractivity contribution in [3.05, 3.63) is 51.6 Å². The maximum absolute atomic E-state index is 12.2. The minimum Gasteiger partial charge on any atom is -0.271 e. The van der Waals surface area contributed by atoms with Crippen LogP contribution in [-0.4, -0.2) is 21.6 Å². The van der Waals surface area contributed by atoms with Crippen LogP contribution in [0.1, 0.15) is 21.1 Å². The predicted octanol–water partition coefficient (Wildman–Crippen LogP) is 2.83. The molecular formula is C16H15ClN4O2S. The predicted molar refractivity (Wildman–Crippen MR) is 94.1 cm³/mol. The largest absolute Gasteiger partial charge is 0.281 e. The lowest BCUT2D eigenvalue weighted by atomic mass is 10.2. The SMILES string of the molecule is Cc1cc(C)n(CC(=O)NNC(=O)c2sc3ccccc3c2Cl)n1. The molecule has 0 atom stereocenters. The summed E-state index contributed by atoms with van der Waals surface area (Å²) in [5.74, 6) is -0.810. The first kappa shape index (κ1) is 16.5. The summed E-state index contributed by atoms with van der Waals surface area (Å²) in [6.07, 6.45) is 0. The smallest absolute Gasteiger partial charge is 0.271 e. The van der Waals surface area contributed by atoms with E-state index in [1.165, 1.54) is 11.3 Å². The molecule has 0 bridgehead atoms. The molecule has 2 N–H and O–H groups in total. The van der Waals surface area contributed by atoms with Gasteiger partial charge in [0.1, 0.15) is 11.4 Å². The fourth-order valence-corrected chi connectivity index (χ4v) is 3.77. The number of aromatic nitrogens is 2. The summed E-state index contributed by atoms with van der Waals surface area (Å²) in [5.41, 5.74) is 6.49. The van der Waals surface area contributed by atoms with Gasteiger partial charge in [-0.1, -0.05) is 29.8 Å². The number of benzene rings is 1. The van der Waals surface area contributed by atoms with Gasteiger partial charge in [-0.05, 0) is 26.0 Å². The Kier molecular flexibility index (Phi) is 4.55. The van der Waals surface area contributed by atoms with E-state index in [1.807, 2.05) is 44.2 Å².